The van der Waals surface area contributed by atoms with Crippen LogP contribution < -0.4 is 5.32 Å². The lowest BCUT2D eigenvalue weighted by atomic mass is 10.0. The van der Waals surface area contributed by atoms with E-state index in [9.17, 15) is 15.0 Å². The van der Waals surface area contributed by atoms with Gasteiger partial charge in [-0.15, -0.1) is 0 Å². The van der Waals surface area contributed by atoms with Crippen molar-refractivity contribution in [1.82, 2.24) is 10.2 Å². The summed E-state index contributed by atoms with van der Waals surface area (Å²) in [6.07, 6.45) is 5.48. The fourth-order valence-electron chi connectivity index (χ4n) is 2.59. The van der Waals surface area contributed by atoms with Crippen LogP contribution in [0, 0.1) is 0 Å². The van der Waals surface area contributed by atoms with Gasteiger partial charge in [0.25, 0.3) is 0 Å². The van der Waals surface area contributed by atoms with Crippen LogP contribution in [0.25, 0.3) is 0 Å². The number of hydrogen-bond donors (Lipinski definition) is 3. The van der Waals surface area contributed by atoms with E-state index in [0.29, 0.717) is 29.4 Å². The van der Waals surface area contributed by atoms with Crippen LogP contribution in [-0.4, -0.2) is 53.4 Å². The number of nitrogens with one attached hydrogen (secondary N) is 1. The minimum atomic E-state index is -0.524. The number of phenols is 1. The first-order valence-corrected chi connectivity index (χ1v) is 8.28. The summed E-state index contributed by atoms with van der Waals surface area (Å²) >= 11 is 5.89. The molecule has 2 rings (SSSR count). The third-order valence-electron chi connectivity index (χ3n) is 4.11. The van der Waals surface area contributed by atoms with E-state index in [1.807, 2.05) is 24.1 Å². The number of aromatic hydroxyl groups is 1. The van der Waals surface area contributed by atoms with Crippen LogP contribution in [0.4, 0.5) is 0 Å². The highest BCUT2D eigenvalue weighted by molar-refractivity contribution is 6.30. The van der Waals surface area contributed by atoms with Gasteiger partial charge in [-0.1, -0.05) is 11.6 Å². The second kappa shape index (κ2) is 8.38. The number of carbonyl (C=O) groups excluding carboxylic acids is 1. The summed E-state index contributed by atoms with van der Waals surface area (Å²) in [5.41, 5.74) is 0.615. The number of rotatable bonds is 7. The van der Waals surface area contributed by atoms with E-state index in [1.165, 1.54) is 6.07 Å². The Morgan fingerprint density at radius 2 is 2.24 bits per heavy atom. The van der Waals surface area contributed by atoms with E-state index in [2.05, 4.69) is 5.32 Å². The molecule has 1 aliphatic heterocycles. The molecule has 1 unspecified atom stereocenters. The van der Waals surface area contributed by atoms with Gasteiger partial charge in [0.15, 0.2) is 0 Å². The Morgan fingerprint density at radius 1 is 1.48 bits per heavy atom. The molecule has 7 heteroatoms. The SMILES string of the molecule is COCC(C)(CO)N1C=CC(NC(=O)Cc2cc(Cl)ccc2O)=CC1. The topological polar surface area (TPSA) is 82.0 Å². The standard InChI is InChI=1S/C18H23ClN2O4/c1-18(11-22,12-25-2)21-7-5-15(6-8-21)20-17(24)10-13-9-14(19)3-4-16(13)23/h3-7,9,22-23H,8,10-12H2,1-2H3,(H,20,24). The molecular formula is C18H23ClN2O4. The molecule has 0 radical (unpaired) electrons. The van der Waals surface area contributed by atoms with Crippen molar-refractivity contribution in [3.63, 3.8) is 0 Å². The average molecular weight is 367 g/mol. The quantitative estimate of drug-likeness (QED) is 0.685. The molecule has 1 amide bonds. The van der Waals surface area contributed by atoms with Crippen LogP contribution in [0.5, 0.6) is 5.75 Å². The van der Waals surface area contributed by atoms with Gasteiger partial charge in [0.05, 0.1) is 25.2 Å². The Bertz CT molecular complexity index is 690. The fourth-order valence-corrected chi connectivity index (χ4v) is 2.79. The third kappa shape index (κ3) is 4.98. The second-order valence-electron chi connectivity index (χ2n) is 6.21. The Morgan fingerprint density at radius 3 is 2.84 bits per heavy atom. The van der Waals surface area contributed by atoms with Crippen molar-refractivity contribution in [3.05, 3.63) is 52.8 Å². The van der Waals surface area contributed by atoms with Crippen molar-refractivity contribution in [2.45, 2.75) is 18.9 Å². The highest BCUT2D eigenvalue weighted by Gasteiger charge is 2.29. The summed E-state index contributed by atoms with van der Waals surface area (Å²) in [6, 6.07) is 4.60. The Balaban J connectivity index is 1.95. The number of aliphatic hydroxyl groups excluding tert-OH is 1. The number of hydrogen-bond acceptors (Lipinski definition) is 5. The molecular weight excluding hydrogens is 344 g/mol. The zero-order chi connectivity index (χ0) is 18.4. The predicted molar refractivity (Wildman–Crippen MR) is 96.3 cm³/mol. The molecule has 1 aromatic carbocycles. The normalized spacial score (nSPS) is 16.3. The number of phenolic OH excluding ortho intramolecular Hbond substituents is 1. The summed E-state index contributed by atoms with van der Waals surface area (Å²) < 4.78 is 5.17. The highest BCUT2D eigenvalue weighted by atomic mass is 35.5. The highest BCUT2D eigenvalue weighted by Crippen LogP contribution is 2.22. The minimum absolute atomic E-state index is 0.0271. The minimum Gasteiger partial charge on any atom is -0.508 e. The molecule has 3 N–H and O–H groups in total. The number of halogens is 1. The largest absolute Gasteiger partial charge is 0.508 e. The molecule has 0 spiro atoms. The van der Waals surface area contributed by atoms with Gasteiger partial charge in [0.1, 0.15) is 5.75 Å². The van der Waals surface area contributed by atoms with E-state index < -0.39 is 5.54 Å². The zero-order valence-corrected chi connectivity index (χ0v) is 15.1. The first-order chi connectivity index (χ1) is 11.9. The first kappa shape index (κ1) is 19.3. The molecule has 0 bridgehead atoms. The van der Waals surface area contributed by atoms with Crippen LogP contribution in [-0.2, 0) is 16.0 Å². The van der Waals surface area contributed by atoms with Gasteiger partial charge >= 0.3 is 0 Å². The molecule has 0 saturated carbocycles. The summed E-state index contributed by atoms with van der Waals surface area (Å²) in [5.74, 6) is -0.208. The van der Waals surface area contributed by atoms with Crippen molar-refractivity contribution in [3.8, 4) is 5.75 Å². The molecule has 1 atom stereocenters. The second-order valence-corrected chi connectivity index (χ2v) is 6.65. The Labute approximate surface area is 152 Å². The molecule has 0 aliphatic carbocycles. The smallest absolute Gasteiger partial charge is 0.228 e. The van der Waals surface area contributed by atoms with Crippen LogP contribution in [0.3, 0.4) is 0 Å². The molecule has 0 aromatic heterocycles. The first-order valence-electron chi connectivity index (χ1n) is 7.90. The van der Waals surface area contributed by atoms with Crippen molar-refractivity contribution >= 4 is 17.5 Å². The van der Waals surface area contributed by atoms with Gasteiger partial charge in [-0.25, -0.2) is 0 Å². The number of carbonyl (C=O) groups is 1. The summed E-state index contributed by atoms with van der Waals surface area (Å²) in [5, 5.41) is 22.7. The number of ether oxygens (including phenoxy) is 1. The number of nitrogens with zero attached hydrogens (tertiary/aromatic N) is 1. The van der Waals surface area contributed by atoms with E-state index in [0.717, 1.165) is 0 Å². The van der Waals surface area contributed by atoms with E-state index >= 15 is 0 Å². The maximum absolute atomic E-state index is 12.2. The molecule has 136 valence electrons. The van der Waals surface area contributed by atoms with Gasteiger partial charge in [-0.2, -0.15) is 0 Å². The summed E-state index contributed by atoms with van der Waals surface area (Å²) in [4.78, 5) is 14.1. The molecule has 25 heavy (non-hydrogen) atoms. The van der Waals surface area contributed by atoms with Crippen molar-refractivity contribution in [2.75, 3.05) is 26.9 Å². The molecule has 1 heterocycles. The molecule has 1 aromatic rings. The number of aliphatic hydroxyl groups is 1. The van der Waals surface area contributed by atoms with Crippen molar-refractivity contribution in [1.29, 1.82) is 0 Å². The van der Waals surface area contributed by atoms with Gasteiger partial charge in [0, 0.05) is 36.1 Å². The Hall–Kier alpha value is -2.02. The van der Waals surface area contributed by atoms with Crippen LogP contribution in [0.2, 0.25) is 5.02 Å². The summed E-state index contributed by atoms with van der Waals surface area (Å²) in [6.45, 7) is 2.78. The lowest BCUT2D eigenvalue weighted by Crippen LogP contribution is -2.50. The van der Waals surface area contributed by atoms with Crippen molar-refractivity contribution in [2.24, 2.45) is 0 Å². The monoisotopic (exact) mass is 366 g/mol. The molecule has 1 aliphatic rings. The number of amides is 1. The van der Waals surface area contributed by atoms with E-state index in [4.69, 9.17) is 16.3 Å². The lowest BCUT2D eigenvalue weighted by molar-refractivity contribution is -0.119. The predicted octanol–water partition coefficient (Wildman–Crippen LogP) is 1.81. The zero-order valence-electron chi connectivity index (χ0n) is 14.3. The fraction of sp³-hybridized carbons (Fsp3) is 0.389. The maximum Gasteiger partial charge on any atom is 0.228 e. The number of benzene rings is 1. The Kier molecular flexibility index (Phi) is 6.47. The molecule has 0 saturated heterocycles. The molecule has 6 nitrogen and oxygen atoms in total. The van der Waals surface area contributed by atoms with E-state index in [1.54, 1.807) is 25.3 Å². The average Bonchev–Trinajstić information content (AvgIpc) is 2.59. The van der Waals surface area contributed by atoms with Gasteiger partial charge in [-0.3, -0.25) is 4.79 Å². The van der Waals surface area contributed by atoms with E-state index in [-0.39, 0.29) is 24.7 Å². The van der Waals surface area contributed by atoms with Gasteiger partial charge in [-0.05, 0) is 37.3 Å². The maximum atomic E-state index is 12.2. The van der Waals surface area contributed by atoms with Crippen LogP contribution in [0.1, 0.15) is 12.5 Å². The van der Waals surface area contributed by atoms with Gasteiger partial charge < -0.3 is 25.2 Å². The van der Waals surface area contributed by atoms with Crippen molar-refractivity contribution < 1.29 is 19.7 Å². The van der Waals surface area contributed by atoms with Crippen LogP contribution >= 0.6 is 11.6 Å². The van der Waals surface area contributed by atoms with Crippen LogP contribution in [0.15, 0.2) is 42.2 Å². The third-order valence-corrected chi connectivity index (χ3v) is 4.34. The lowest BCUT2D eigenvalue weighted by Gasteiger charge is -2.39. The number of allylic oxidation sites excluding steroid dienone is 1. The van der Waals surface area contributed by atoms with Gasteiger partial charge in [0.2, 0.25) is 5.91 Å². The summed E-state index contributed by atoms with van der Waals surface area (Å²) in [7, 11) is 1.59. The molecule has 0 fully saturated rings. The number of methoxy groups -OCH3 is 1.